The summed E-state index contributed by atoms with van der Waals surface area (Å²) in [6, 6.07) is 1.03. The molecule has 0 saturated carbocycles. The minimum Gasteiger partial charge on any atom is -0.383 e. The lowest BCUT2D eigenvalue weighted by Crippen LogP contribution is -2.40. The van der Waals surface area contributed by atoms with Crippen molar-refractivity contribution >= 4 is 0 Å². The Morgan fingerprint density at radius 2 is 2.50 bits per heavy atom. The predicted octanol–water partition coefficient (Wildman–Crippen LogP) is 0.790. The SMILES string of the molecule is CCC(COC)NC1CCOC1. The van der Waals surface area contributed by atoms with E-state index >= 15 is 0 Å². The molecule has 0 bridgehead atoms. The molecule has 1 rings (SSSR count). The van der Waals surface area contributed by atoms with E-state index in [4.69, 9.17) is 9.47 Å². The van der Waals surface area contributed by atoms with Crippen LogP contribution in [-0.4, -0.2) is 39.0 Å². The topological polar surface area (TPSA) is 30.5 Å². The third-order valence-electron chi connectivity index (χ3n) is 2.26. The fourth-order valence-electron chi connectivity index (χ4n) is 1.48. The van der Waals surface area contributed by atoms with Crippen molar-refractivity contribution in [1.29, 1.82) is 0 Å². The quantitative estimate of drug-likeness (QED) is 0.666. The van der Waals surface area contributed by atoms with Gasteiger partial charge in [-0.2, -0.15) is 0 Å². The van der Waals surface area contributed by atoms with Crippen molar-refractivity contribution in [3.8, 4) is 0 Å². The van der Waals surface area contributed by atoms with Crippen LogP contribution in [0, 0.1) is 0 Å². The molecule has 1 fully saturated rings. The van der Waals surface area contributed by atoms with Crippen LogP contribution in [0.2, 0.25) is 0 Å². The Kier molecular flexibility index (Phi) is 4.58. The third-order valence-corrected chi connectivity index (χ3v) is 2.26. The first-order valence-corrected chi connectivity index (χ1v) is 4.69. The van der Waals surface area contributed by atoms with Gasteiger partial charge in [-0.25, -0.2) is 0 Å². The number of nitrogens with one attached hydrogen (secondary N) is 1. The average molecular weight is 173 g/mol. The van der Waals surface area contributed by atoms with Crippen molar-refractivity contribution < 1.29 is 9.47 Å². The van der Waals surface area contributed by atoms with E-state index in [0.29, 0.717) is 12.1 Å². The van der Waals surface area contributed by atoms with Gasteiger partial charge in [-0.3, -0.25) is 0 Å². The summed E-state index contributed by atoms with van der Waals surface area (Å²) in [4.78, 5) is 0. The van der Waals surface area contributed by atoms with E-state index in [1.807, 2.05) is 0 Å². The summed E-state index contributed by atoms with van der Waals surface area (Å²) < 4.78 is 10.4. The predicted molar refractivity (Wildman–Crippen MR) is 48.3 cm³/mol. The molecule has 1 aliphatic rings. The van der Waals surface area contributed by atoms with Gasteiger partial charge in [0, 0.05) is 25.8 Å². The standard InChI is InChI=1S/C9H19NO2/c1-3-8(6-11-2)10-9-4-5-12-7-9/h8-10H,3-7H2,1-2H3. The summed E-state index contributed by atoms with van der Waals surface area (Å²) in [5.74, 6) is 0. The molecule has 0 aromatic heterocycles. The van der Waals surface area contributed by atoms with Crippen molar-refractivity contribution in [2.45, 2.75) is 31.8 Å². The molecule has 72 valence electrons. The molecule has 1 heterocycles. The molecule has 2 unspecified atom stereocenters. The highest BCUT2D eigenvalue weighted by molar-refractivity contribution is 4.76. The van der Waals surface area contributed by atoms with Crippen LogP contribution in [0.3, 0.4) is 0 Å². The highest BCUT2D eigenvalue weighted by Crippen LogP contribution is 2.05. The summed E-state index contributed by atoms with van der Waals surface area (Å²) in [6.07, 6.45) is 2.25. The van der Waals surface area contributed by atoms with E-state index in [2.05, 4.69) is 12.2 Å². The van der Waals surface area contributed by atoms with E-state index in [9.17, 15) is 0 Å². The first-order chi connectivity index (χ1) is 5.86. The summed E-state index contributed by atoms with van der Waals surface area (Å²) in [5.41, 5.74) is 0. The highest BCUT2D eigenvalue weighted by atomic mass is 16.5. The van der Waals surface area contributed by atoms with E-state index in [-0.39, 0.29) is 0 Å². The van der Waals surface area contributed by atoms with Gasteiger partial charge < -0.3 is 14.8 Å². The maximum atomic E-state index is 5.28. The molecule has 2 atom stereocenters. The molecular formula is C9H19NO2. The van der Waals surface area contributed by atoms with Gasteiger partial charge in [-0.1, -0.05) is 6.92 Å². The monoisotopic (exact) mass is 173 g/mol. The molecule has 12 heavy (non-hydrogen) atoms. The van der Waals surface area contributed by atoms with Crippen LogP contribution < -0.4 is 5.32 Å². The van der Waals surface area contributed by atoms with Crippen LogP contribution in [-0.2, 0) is 9.47 Å². The number of ether oxygens (including phenoxy) is 2. The van der Waals surface area contributed by atoms with Gasteiger partial charge in [0.15, 0.2) is 0 Å². The van der Waals surface area contributed by atoms with Gasteiger partial charge in [0.25, 0.3) is 0 Å². The van der Waals surface area contributed by atoms with Crippen molar-refractivity contribution in [2.24, 2.45) is 0 Å². The van der Waals surface area contributed by atoms with Crippen LogP contribution in [0.4, 0.5) is 0 Å². The van der Waals surface area contributed by atoms with Crippen LogP contribution in [0.15, 0.2) is 0 Å². The van der Waals surface area contributed by atoms with Gasteiger partial charge in [0.05, 0.1) is 13.2 Å². The molecule has 0 spiro atoms. The van der Waals surface area contributed by atoms with Crippen molar-refractivity contribution in [1.82, 2.24) is 5.32 Å². The number of rotatable bonds is 5. The highest BCUT2D eigenvalue weighted by Gasteiger charge is 2.18. The lowest BCUT2D eigenvalue weighted by molar-refractivity contribution is 0.150. The Labute approximate surface area is 74.4 Å². The van der Waals surface area contributed by atoms with Crippen molar-refractivity contribution in [3.63, 3.8) is 0 Å². The maximum absolute atomic E-state index is 5.28. The van der Waals surface area contributed by atoms with E-state index in [0.717, 1.165) is 32.7 Å². The molecule has 0 amide bonds. The van der Waals surface area contributed by atoms with Gasteiger partial charge in [-0.05, 0) is 12.8 Å². The summed E-state index contributed by atoms with van der Waals surface area (Å²) >= 11 is 0. The van der Waals surface area contributed by atoms with Crippen LogP contribution in [0.5, 0.6) is 0 Å². The second kappa shape index (κ2) is 5.51. The zero-order chi connectivity index (χ0) is 8.81. The van der Waals surface area contributed by atoms with Gasteiger partial charge in [0.1, 0.15) is 0 Å². The number of hydrogen-bond donors (Lipinski definition) is 1. The van der Waals surface area contributed by atoms with Gasteiger partial charge >= 0.3 is 0 Å². The maximum Gasteiger partial charge on any atom is 0.0620 e. The van der Waals surface area contributed by atoms with Crippen LogP contribution in [0.1, 0.15) is 19.8 Å². The first-order valence-electron chi connectivity index (χ1n) is 4.69. The smallest absolute Gasteiger partial charge is 0.0620 e. The van der Waals surface area contributed by atoms with E-state index in [1.165, 1.54) is 0 Å². The second-order valence-corrected chi connectivity index (χ2v) is 3.29. The molecule has 0 aliphatic carbocycles. The molecule has 0 radical (unpaired) electrons. The summed E-state index contributed by atoms with van der Waals surface area (Å²) in [7, 11) is 1.75. The Bertz CT molecular complexity index is 113. The molecule has 0 aromatic rings. The lowest BCUT2D eigenvalue weighted by atomic mass is 10.2. The minimum absolute atomic E-state index is 0.488. The van der Waals surface area contributed by atoms with Crippen molar-refractivity contribution in [2.75, 3.05) is 26.9 Å². The zero-order valence-corrected chi connectivity index (χ0v) is 8.01. The Hall–Kier alpha value is -0.120. The van der Waals surface area contributed by atoms with E-state index in [1.54, 1.807) is 7.11 Å². The summed E-state index contributed by atoms with van der Waals surface area (Å²) in [6.45, 7) is 4.74. The number of methoxy groups -OCH3 is 1. The molecule has 1 aliphatic heterocycles. The number of hydrogen-bond acceptors (Lipinski definition) is 3. The minimum atomic E-state index is 0.488. The Morgan fingerprint density at radius 3 is 3.00 bits per heavy atom. The molecule has 0 aromatic carbocycles. The fourth-order valence-corrected chi connectivity index (χ4v) is 1.48. The molecular weight excluding hydrogens is 154 g/mol. The second-order valence-electron chi connectivity index (χ2n) is 3.29. The Morgan fingerprint density at radius 1 is 1.67 bits per heavy atom. The summed E-state index contributed by atoms with van der Waals surface area (Å²) in [5, 5.41) is 3.52. The van der Waals surface area contributed by atoms with E-state index < -0.39 is 0 Å². The average Bonchev–Trinajstić information content (AvgIpc) is 2.56. The first kappa shape index (κ1) is 9.96. The zero-order valence-electron chi connectivity index (χ0n) is 8.01. The van der Waals surface area contributed by atoms with Crippen LogP contribution in [0.25, 0.3) is 0 Å². The molecule has 3 heteroatoms. The third kappa shape index (κ3) is 3.09. The molecule has 1 saturated heterocycles. The molecule has 3 nitrogen and oxygen atoms in total. The largest absolute Gasteiger partial charge is 0.383 e. The Balaban J connectivity index is 2.16. The van der Waals surface area contributed by atoms with Crippen LogP contribution >= 0.6 is 0 Å². The van der Waals surface area contributed by atoms with Crippen molar-refractivity contribution in [3.05, 3.63) is 0 Å². The molecule has 1 N–H and O–H groups in total. The van der Waals surface area contributed by atoms with Gasteiger partial charge in [-0.15, -0.1) is 0 Å². The fraction of sp³-hybridized carbons (Fsp3) is 1.00. The lowest BCUT2D eigenvalue weighted by Gasteiger charge is -2.19. The normalized spacial score (nSPS) is 26.0. The van der Waals surface area contributed by atoms with Gasteiger partial charge in [0.2, 0.25) is 0 Å².